The van der Waals surface area contributed by atoms with Gasteiger partial charge in [-0.05, 0) is 19.1 Å². The van der Waals surface area contributed by atoms with Crippen LogP contribution in [-0.4, -0.2) is 17.6 Å². The van der Waals surface area contributed by atoms with E-state index in [4.69, 9.17) is 0 Å². The van der Waals surface area contributed by atoms with Gasteiger partial charge in [0, 0.05) is 7.05 Å². The minimum atomic E-state index is -1.19. The maximum Gasteiger partial charge on any atom is 0.150 e. The lowest BCUT2D eigenvalue weighted by atomic mass is 10.2. The van der Waals surface area contributed by atoms with Crippen molar-refractivity contribution in [2.45, 2.75) is 11.8 Å². The number of aliphatic imine (C=N–C) groups is 1. The van der Waals surface area contributed by atoms with E-state index in [1.165, 1.54) is 6.34 Å². The number of nitrogens with zero attached hydrogens (tertiary/aromatic N) is 1. The minimum Gasteiger partial charge on any atom is -0.292 e. The van der Waals surface area contributed by atoms with Crippen molar-refractivity contribution >= 4 is 17.3 Å². The van der Waals surface area contributed by atoms with Crippen LogP contribution in [0.1, 0.15) is 5.56 Å². The highest BCUT2D eigenvalue weighted by Crippen LogP contribution is 2.05. The maximum absolute atomic E-state index is 11.4. The Labute approximate surface area is 80.5 Å². The van der Waals surface area contributed by atoms with Gasteiger partial charge in [-0.3, -0.25) is 9.71 Å². The standard InChI is InChI=1S/C9H12N2OS/c1-8-3-5-9(6-4-8)13(12)11-7-10-2/h3-7H,1-2H3,(H,10,11)/t13-/m0/s1. The van der Waals surface area contributed by atoms with Crippen molar-refractivity contribution < 1.29 is 4.21 Å². The monoisotopic (exact) mass is 196 g/mol. The zero-order chi connectivity index (χ0) is 9.68. The van der Waals surface area contributed by atoms with Crippen molar-refractivity contribution in [3.8, 4) is 0 Å². The van der Waals surface area contributed by atoms with Crippen LogP contribution >= 0.6 is 0 Å². The number of rotatable bonds is 3. The molecule has 0 saturated carbocycles. The van der Waals surface area contributed by atoms with E-state index in [9.17, 15) is 4.21 Å². The van der Waals surface area contributed by atoms with E-state index in [1.807, 2.05) is 31.2 Å². The fraction of sp³-hybridized carbons (Fsp3) is 0.222. The summed E-state index contributed by atoms with van der Waals surface area (Å²) in [6.07, 6.45) is 1.43. The molecule has 1 N–H and O–H groups in total. The largest absolute Gasteiger partial charge is 0.292 e. The van der Waals surface area contributed by atoms with Gasteiger partial charge < -0.3 is 0 Å². The van der Waals surface area contributed by atoms with Crippen molar-refractivity contribution in [1.82, 2.24) is 4.72 Å². The smallest absolute Gasteiger partial charge is 0.150 e. The van der Waals surface area contributed by atoms with E-state index in [-0.39, 0.29) is 0 Å². The normalized spacial score (nSPS) is 13.1. The molecule has 1 aromatic rings. The SMILES string of the molecule is CN=CN[S@@](=O)c1ccc(C)cc1. The van der Waals surface area contributed by atoms with E-state index in [0.29, 0.717) is 0 Å². The van der Waals surface area contributed by atoms with Crippen LogP contribution in [0.15, 0.2) is 34.2 Å². The van der Waals surface area contributed by atoms with Gasteiger partial charge in [0.05, 0.1) is 11.2 Å². The number of nitrogens with one attached hydrogen (secondary N) is 1. The van der Waals surface area contributed by atoms with Crippen LogP contribution in [0.4, 0.5) is 0 Å². The lowest BCUT2D eigenvalue weighted by Gasteiger charge is -2.00. The fourth-order valence-corrected chi connectivity index (χ4v) is 1.55. The number of hydrogen-bond acceptors (Lipinski definition) is 2. The Morgan fingerprint density at radius 2 is 2.00 bits per heavy atom. The average molecular weight is 196 g/mol. The highest BCUT2D eigenvalue weighted by molar-refractivity contribution is 7.83. The Balaban J connectivity index is 2.72. The molecule has 13 heavy (non-hydrogen) atoms. The van der Waals surface area contributed by atoms with Crippen LogP contribution in [0.2, 0.25) is 0 Å². The third-order valence-corrected chi connectivity index (χ3v) is 2.54. The van der Waals surface area contributed by atoms with Gasteiger partial charge in [-0.2, -0.15) is 0 Å². The van der Waals surface area contributed by atoms with Crippen LogP contribution in [0.3, 0.4) is 0 Å². The summed E-state index contributed by atoms with van der Waals surface area (Å²) < 4.78 is 14.1. The highest BCUT2D eigenvalue weighted by atomic mass is 32.2. The highest BCUT2D eigenvalue weighted by Gasteiger charge is 1.99. The van der Waals surface area contributed by atoms with E-state index in [0.717, 1.165) is 10.5 Å². The molecule has 0 aliphatic rings. The van der Waals surface area contributed by atoms with Crippen molar-refractivity contribution in [3.63, 3.8) is 0 Å². The number of benzene rings is 1. The Morgan fingerprint density at radius 1 is 1.38 bits per heavy atom. The summed E-state index contributed by atoms with van der Waals surface area (Å²) in [4.78, 5) is 4.44. The van der Waals surface area contributed by atoms with Gasteiger partial charge in [0.1, 0.15) is 0 Å². The molecular weight excluding hydrogens is 184 g/mol. The molecule has 70 valence electrons. The van der Waals surface area contributed by atoms with Crippen LogP contribution < -0.4 is 4.72 Å². The number of hydrogen-bond donors (Lipinski definition) is 1. The van der Waals surface area contributed by atoms with Gasteiger partial charge >= 0.3 is 0 Å². The molecule has 4 heteroatoms. The molecule has 1 aromatic carbocycles. The molecule has 0 aromatic heterocycles. The summed E-state index contributed by atoms with van der Waals surface area (Å²) in [5.74, 6) is 0. The van der Waals surface area contributed by atoms with Crippen molar-refractivity contribution in [3.05, 3.63) is 29.8 Å². The van der Waals surface area contributed by atoms with Crippen LogP contribution in [0, 0.1) is 6.92 Å². The average Bonchev–Trinajstić information content (AvgIpc) is 2.15. The van der Waals surface area contributed by atoms with Crippen LogP contribution in [-0.2, 0) is 11.0 Å². The summed E-state index contributed by atoms with van der Waals surface area (Å²) in [5, 5.41) is 0. The van der Waals surface area contributed by atoms with Gasteiger partial charge in [-0.25, -0.2) is 4.21 Å². The van der Waals surface area contributed by atoms with Crippen LogP contribution in [0.25, 0.3) is 0 Å². The summed E-state index contributed by atoms with van der Waals surface area (Å²) in [7, 11) is 0.433. The first-order valence-electron chi connectivity index (χ1n) is 3.89. The van der Waals surface area contributed by atoms with Crippen molar-refractivity contribution in [1.29, 1.82) is 0 Å². The topological polar surface area (TPSA) is 41.5 Å². The second kappa shape index (κ2) is 4.77. The Hall–Kier alpha value is -1.16. The lowest BCUT2D eigenvalue weighted by Crippen LogP contribution is -2.14. The molecule has 0 heterocycles. The molecule has 0 saturated heterocycles. The zero-order valence-electron chi connectivity index (χ0n) is 7.65. The molecule has 0 unspecified atom stereocenters. The summed E-state index contributed by atoms with van der Waals surface area (Å²) in [5.41, 5.74) is 1.16. The second-order valence-electron chi connectivity index (χ2n) is 2.59. The first-order valence-corrected chi connectivity index (χ1v) is 5.04. The van der Waals surface area contributed by atoms with E-state index in [2.05, 4.69) is 9.71 Å². The Bertz CT molecular complexity index is 319. The fourth-order valence-electron chi connectivity index (χ4n) is 0.830. The van der Waals surface area contributed by atoms with E-state index < -0.39 is 11.0 Å². The predicted octanol–water partition coefficient (Wildman–Crippen LogP) is 1.27. The molecule has 0 amide bonds. The third kappa shape index (κ3) is 2.99. The second-order valence-corrected chi connectivity index (χ2v) is 3.83. The Morgan fingerprint density at radius 3 is 2.54 bits per heavy atom. The molecule has 0 fully saturated rings. The van der Waals surface area contributed by atoms with Gasteiger partial charge in [-0.1, -0.05) is 17.7 Å². The molecule has 0 spiro atoms. The van der Waals surface area contributed by atoms with E-state index >= 15 is 0 Å². The van der Waals surface area contributed by atoms with Crippen LogP contribution in [0.5, 0.6) is 0 Å². The first kappa shape index (κ1) is 9.92. The minimum absolute atomic E-state index is 0.755. The van der Waals surface area contributed by atoms with E-state index in [1.54, 1.807) is 7.05 Å². The van der Waals surface area contributed by atoms with Crippen molar-refractivity contribution in [2.24, 2.45) is 4.99 Å². The molecule has 0 radical (unpaired) electrons. The van der Waals surface area contributed by atoms with Crippen molar-refractivity contribution in [2.75, 3.05) is 7.05 Å². The summed E-state index contributed by atoms with van der Waals surface area (Å²) in [6.45, 7) is 1.99. The molecular formula is C9H12N2OS. The summed E-state index contributed by atoms with van der Waals surface area (Å²) >= 11 is 0. The van der Waals surface area contributed by atoms with Gasteiger partial charge in [0.25, 0.3) is 0 Å². The lowest BCUT2D eigenvalue weighted by molar-refractivity contribution is 0.681. The van der Waals surface area contributed by atoms with Gasteiger partial charge in [0.2, 0.25) is 0 Å². The third-order valence-electron chi connectivity index (χ3n) is 1.52. The zero-order valence-corrected chi connectivity index (χ0v) is 8.47. The predicted molar refractivity (Wildman–Crippen MR) is 55.1 cm³/mol. The first-order chi connectivity index (χ1) is 6.24. The molecule has 0 aliphatic heterocycles. The Kier molecular flexibility index (Phi) is 3.64. The molecule has 1 rings (SSSR count). The quantitative estimate of drug-likeness (QED) is 0.574. The molecule has 1 atom stereocenters. The maximum atomic E-state index is 11.4. The van der Waals surface area contributed by atoms with Gasteiger partial charge in [-0.15, -0.1) is 0 Å². The number of aryl methyl sites for hydroxylation is 1. The molecule has 0 bridgehead atoms. The molecule has 3 nitrogen and oxygen atoms in total. The summed E-state index contributed by atoms with van der Waals surface area (Å²) in [6, 6.07) is 7.53. The molecule has 0 aliphatic carbocycles. The van der Waals surface area contributed by atoms with Gasteiger partial charge in [0.15, 0.2) is 11.0 Å².